The molecule has 1 amide bonds. The van der Waals surface area contributed by atoms with Gasteiger partial charge in [0.25, 0.3) is 0 Å². The summed E-state index contributed by atoms with van der Waals surface area (Å²) in [5.74, 6) is 0.00603. The van der Waals surface area contributed by atoms with Gasteiger partial charge in [0.15, 0.2) is 5.11 Å². The molecule has 1 fully saturated rings. The van der Waals surface area contributed by atoms with Crippen LogP contribution in [-0.2, 0) is 4.79 Å². The van der Waals surface area contributed by atoms with E-state index < -0.39 is 0 Å². The minimum absolute atomic E-state index is 0.00267. The van der Waals surface area contributed by atoms with Crippen molar-refractivity contribution in [3.8, 4) is 0 Å². The second-order valence-corrected chi connectivity index (χ2v) is 8.70. The number of nitrogens with zero attached hydrogens (tertiary/aromatic N) is 2. The van der Waals surface area contributed by atoms with Crippen LogP contribution in [0.2, 0.25) is 0 Å². The molecule has 0 unspecified atom stereocenters. The van der Waals surface area contributed by atoms with Gasteiger partial charge in [-0.25, -0.2) is 0 Å². The van der Waals surface area contributed by atoms with Gasteiger partial charge in [0.1, 0.15) is 0 Å². The third-order valence-corrected chi connectivity index (χ3v) is 6.76. The molecule has 0 spiro atoms. The van der Waals surface area contributed by atoms with Crippen molar-refractivity contribution in [2.45, 2.75) is 39.3 Å². The average molecular weight is 437 g/mol. The number of anilines is 2. The monoisotopic (exact) mass is 436 g/mol. The van der Waals surface area contributed by atoms with E-state index in [4.69, 9.17) is 12.2 Å². The predicted molar refractivity (Wildman–Crippen MR) is 127 cm³/mol. The van der Waals surface area contributed by atoms with E-state index in [2.05, 4.69) is 45.0 Å². The minimum atomic E-state index is -0.0455. The van der Waals surface area contributed by atoms with E-state index in [-0.39, 0.29) is 18.0 Å². The first-order chi connectivity index (χ1) is 14.5. The van der Waals surface area contributed by atoms with Gasteiger partial charge in [-0.3, -0.25) is 9.78 Å². The number of benzene rings is 1. The molecule has 30 heavy (non-hydrogen) atoms. The van der Waals surface area contributed by atoms with Gasteiger partial charge in [-0.2, -0.15) is 0 Å². The zero-order valence-electron chi connectivity index (χ0n) is 17.2. The number of thiocarbonyl (C=S) groups is 1. The van der Waals surface area contributed by atoms with E-state index in [0.29, 0.717) is 11.5 Å². The Morgan fingerprint density at radius 3 is 2.70 bits per heavy atom. The van der Waals surface area contributed by atoms with Crippen LogP contribution in [-0.4, -0.2) is 16.0 Å². The van der Waals surface area contributed by atoms with Crippen LogP contribution in [0, 0.1) is 13.8 Å². The Kier molecular flexibility index (Phi) is 5.83. The van der Waals surface area contributed by atoms with Gasteiger partial charge >= 0.3 is 0 Å². The number of aromatic nitrogens is 1. The largest absolute Gasteiger partial charge is 0.351 e. The first-order valence-corrected chi connectivity index (χ1v) is 11.2. The molecule has 4 rings (SSSR count). The molecule has 0 saturated carbocycles. The number of carbonyl (C=O) groups excluding carboxylic acids is 1. The quantitative estimate of drug-likeness (QED) is 0.533. The molecule has 2 N–H and O–H groups in total. The Hall–Kier alpha value is -2.77. The Balaban J connectivity index is 1.76. The molecule has 1 saturated heterocycles. The lowest BCUT2D eigenvalue weighted by Crippen LogP contribution is -2.29. The van der Waals surface area contributed by atoms with E-state index in [9.17, 15) is 4.79 Å². The van der Waals surface area contributed by atoms with E-state index in [1.807, 2.05) is 50.4 Å². The van der Waals surface area contributed by atoms with Crippen molar-refractivity contribution in [3.63, 3.8) is 0 Å². The maximum absolute atomic E-state index is 11.8. The average Bonchev–Trinajstić information content (AvgIpc) is 3.32. The van der Waals surface area contributed by atoms with Crippen LogP contribution in [0.3, 0.4) is 0 Å². The maximum Gasteiger partial charge on any atom is 0.224 e. The number of aryl methyl sites for hydroxylation is 2. The molecular formula is C23H24N4OS2. The lowest BCUT2D eigenvalue weighted by molar-refractivity contribution is -0.115. The summed E-state index contributed by atoms with van der Waals surface area (Å²) in [6.07, 6.45) is 2.27. The molecule has 0 radical (unpaired) electrons. The fourth-order valence-corrected chi connectivity index (χ4v) is 5.16. The van der Waals surface area contributed by atoms with Crippen molar-refractivity contribution in [3.05, 3.63) is 75.7 Å². The maximum atomic E-state index is 11.8. The normalized spacial score (nSPS) is 18.4. The summed E-state index contributed by atoms with van der Waals surface area (Å²) in [7, 11) is 0. The highest BCUT2D eigenvalue weighted by atomic mass is 32.1. The van der Waals surface area contributed by atoms with Crippen molar-refractivity contribution in [1.29, 1.82) is 0 Å². The summed E-state index contributed by atoms with van der Waals surface area (Å²) in [4.78, 5) is 19.8. The van der Waals surface area contributed by atoms with Crippen LogP contribution in [0.1, 0.15) is 47.1 Å². The van der Waals surface area contributed by atoms with Gasteiger partial charge in [0.05, 0.1) is 17.8 Å². The number of rotatable bonds is 5. The zero-order valence-corrected chi connectivity index (χ0v) is 18.8. The SMILES string of the molecule is CCC(=O)Nc1ccc(N2C(=S)N[C@@H](c3ccccn3)[C@@H]2c2sccc2C)cc1C. The number of amides is 1. The summed E-state index contributed by atoms with van der Waals surface area (Å²) in [5.41, 5.74) is 5.03. The first-order valence-electron chi connectivity index (χ1n) is 9.94. The molecule has 1 aliphatic rings. The van der Waals surface area contributed by atoms with E-state index in [1.165, 1.54) is 10.4 Å². The summed E-state index contributed by atoms with van der Waals surface area (Å²) >= 11 is 7.52. The van der Waals surface area contributed by atoms with Gasteiger partial charge in [-0.05, 0) is 79.0 Å². The summed E-state index contributed by atoms with van der Waals surface area (Å²) in [6, 6.07) is 14.1. The molecule has 0 bridgehead atoms. The van der Waals surface area contributed by atoms with E-state index in [1.54, 1.807) is 11.3 Å². The lowest BCUT2D eigenvalue weighted by atomic mass is 10.00. The Labute approximate surface area is 186 Å². The fourth-order valence-electron chi connectivity index (χ4n) is 3.76. The molecule has 1 aliphatic heterocycles. The van der Waals surface area contributed by atoms with Crippen molar-refractivity contribution in [2.75, 3.05) is 10.2 Å². The number of hydrogen-bond acceptors (Lipinski definition) is 4. The first kappa shape index (κ1) is 20.5. The topological polar surface area (TPSA) is 57.3 Å². The number of pyridine rings is 1. The van der Waals surface area contributed by atoms with E-state index >= 15 is 0 Å². The molecule has 3 heterocycles. The van der Waals surface area contributed by atoms with Crippen LogP contribution >= 0.6 is 23.6 Å². The fraction of sp³-hybridized carbons (Fsp3) is 0.261. The third-order valence-electron chi connectivity index (χ3n) is 5.35. The molecule has 7 heteroatoms. The molecule has 154 valence electrons. The molecule has 2 aromatic heterocycles. The van der Waals surface area contributed by atoms with Crippen molar-refractivity contribution < 1.29 is 4.79 Å². The van der Waals surface area contributed by atoms with Gasteiger partial charge < -0.3 is 15.5 Å². The minimum Gasteiger partial charge on any atom is -0.351 e. The molecule has 3 aromatic rings. The van der Waals surface area contributed by atoms with Crippen molar-refractivity contribution in [1.82, 2.24) is 10.3 Å². The molecular weight excluding hydrogens is 412 g/mol. The third kappa shape index (κ3) is 3.82. The predicted octanol–water partition coefficient (Wildman–Crippen LogP) is 5.29. The van der Waals surface area contributed by atoms with Crippen molar-refractivity contribution >= 4 is 45.9 Å². The van der Waals surface area contributed by atoms with Crippen LogP contribution in [0.4, 0.5) is 11.4 Å². The summed E-state index contributed by atoms with van der Waals surface area (Å²) in [5, 5.41) is 9.24. The highest BCUT2D eigenvalue weighted by Gasteiger charge is 2.42. The van der Waals surface area contributed by atoms with Crippen LogP contribution in [0.5, 0.6) is 0 Å². The summed E-state index contributed by atoms with van der Waals surface area (Å²) in [6.45, 7) is 5.98. The second-order valence-electron chi connectivity index (χ2n) is 7.37. The number of hydrogen-bond donors (Lipinski definition) is 2. The van der Waals surface area contributed by atoms with Crippen LogP contribution in [0.15, 0.2) is 54.0 Å². The zero-order chi connectivity index (χ0) is 21.3. The summed E-state index contributed by atoms with van der Waals surface area (Å²) < 4.78 is 0. The molecule has 0 aliphatic carbocycles. The Morgan fingerprint density at radius 2 is 2.07 bits per heavy atom. The van der Waals surface area contributed by atoms with Crippen LogP contribution in [0.25, 0.3) is 0 Å². The molecule has 2 atom stereocenters. The Bertz CT molecular complexity index is 1080. The van der Waals surface area contributed by atoms with Crippen molar-refractivity contribution in [2.24, 2.45) is 0 Å². The number of carbonyl (C=O) groups is 1. The smallest absolute Gasteiger partial charge is 0.224 e. The standard InChI is InChI=1S/C23H24N4OS2/c1-4-19(28)25-17-9-8-16(13-15(17)3)27-21(22-14(2)10-12-30-22)20(26-23(27)29)18-7-5-6-11-24-18/h5-13,20-21H,4H2,1-3H3,(H,25,28)(H,26,29)/t20-,21+/m0/s1. The Morgan fingerprint density at radius 1 is 1.23 bits per heavy atom. The molecule has 5 nitrogen and oxygen atoms in total. The highest BCUT2D eigenvalue weighted by Crippen LogP contribution is 2.44. The lowest BCUT2D eigenvalue weighted by Gasteiger charge is -2.28. The number of thiophene rings is 1. The number of nitrogens with one attached hydrogen (secondary N) is 2. The molecule has 1 aromatic carbocycles. The van der Waals surface area contributed by atoms with Gasteiger partial charge in [-0.15, -0.1) is 11.3 Å². The van der Waals surface area contributed by atoms with E-state index in [0.717, 1.165) is 22.6 Å². The second kappa shape index (κ2) is 8.53. The van der Waals surface area contributed by atoms with Gasteiger partial charge in [0, 0.05) is 28.9 Å². The van der Waals surface area contributed by atoms with Gasteiger partial charge in [-0.1, -0.05) is 13.0 Å². The highest BCUT2D eigenvalue weighted by molar-refractivity contribution is 7.80. The van der Waals surface area contributed by atoms with Crippen LogP contribution < -0.4 is 15.5 Å². The van der Waals surface area contributed by atoms with Gasteiger partial charge in [0.2, 0.25) is 5.91 Å².